The van der Waals surface area contributed by atoms with Crippen molar-refractivity contribution in [2.45, 2.75) is 18.2 Å². The van der Waals surface area contributed by atoms with Crippen LogP contribution in [0.25, 0.3) is 0 Å². The van der Waals surface area contributed by atoms with Gasteiger partial charge in [-0.05, 0) is 30.4 Å². The van der Waals surface area contributed by atoms with E-state index >= 15 is 0 Å². The maximum Gasteiger partial charge on any atom is 0.245 e. The normalized spacial score (nSPS) is 22.8. The highest BCUT2D eigenvalue weighted by Gasteiger charge is 2.37. The topological polar surface area (TPSA) is 63.4 Å². The first kappa shape index (κ1) is 14.6. The monoisotopic (exact) mass is 306 g/mol. The summed E-state index contributed by atoms with van der Waals surface area (Å²) in [5.41, 5.74) is 5.15. The van der Waals surface area contributed by atoms with E-state index in [-0.39, 0.29) is 10.7 Å². The average molecular weight is 307 g/mol. The third-order valence-corrected chi connectivity index (χ3v) is 5.53. The first-order valence-electron chi connectivity index (χ1n) is 5.94. The summed E-state index contributed by atoms with van der Waals surface area (Å²) in [6.07, 6.45) is 1.00. The Morgan fingerprint density at radius 3 is 2.63 bits per heavy atom. The van der Waals surface area contributed by atoms with Gasteiger partial charge in [-0.25, -0.2) is 17.1 Å². The van der Waals surface area contributed by atoms with E-state index in [0.717, 1.165) is 16.8 Å². The predicted molar refractivity (Wildman–Crippen MR) is 72.9 cm³/mol. The molecule has 2 unspecified atom stereocenters. The minimum atomic E-state index is -3.90. The van der Waals surface area contributed by atoms with Crippen molar-refractivity contribution in [3.63, 3.8) is 0 Å². The van der Waals surface area contributed by atoms with Crippen LogP contribution in [0.2, 0.25) is 5.02 Å². The van der Waals surface area contributed by atoms with Crippen molar-refractivity contribution in [3.05, 3.63) is 23.0 Å². The molecule has 1 fully saturated rings. The molecule has 0 amide bonds. The molecule has 1 aromatic rings. The predicted octanol–water partition coefficient (Wildman–Crippen LogP) is 2.34. The number of anilines is 1. The molecule has 0 aliphatic heterocycles. The number of rotatable bonds is 4. The van der Waals surface area contributed by atoms with Gasteiger partial charge < -0.3 is 5.73 Å². The molecule has 0 aromatic heterocycles. The van der Waals surface area contributed by atoms with Crippen LogP contribution in [0.15, 0.2) is 17.0 Å². The van der Waals surface area contributed by atoms with Crippen molar-refractivity contribution >= 4 is 27.3 Å². The number of hydrogen-bond acceptors (Lipinski definition) is 3. The van der Waals surface area contributed by atoms with Gasteiger partial charge in [-0.2, -0.15) is 0 Å². The van der Waals surface area contributed by atoms with Crippen molar-refractivity contribution in [1.29, 1.82) is 0 Å². The summed E-state index contributed by atoms with van der Waals surface area (Å²) in [7, 11) is -2.46. The zero-order chi connectivity index (χ0) is 14.4. The summed E-state index contributed by atoms with van der Waals surface area (Å²) in [6, 6.07) is 2.29. The third kappa shape index (κ3) is 2.85. The van der Waals surface area contributed by atoms with Gasteiger partial charge in [0.1, 0.15) is 4.90 Å². The Bertz CT molecular complexity index is 606. The zero-order valence-corrected chi connectivity index (χ0v) is 12.3. The molecule has 0 radical (unpaired) electrons. The number of nitrogens with zero attached hydrogens (tertiary/aromatic N) is 1. The van der Waals surface area contributed by atoms with Gasteiger partial charge in [-0.1, -0.05) is 18.5 Å². The lowest BCUT2D eigenvalue weighted by Gasteiger charge is -2.18. The molecule has 1 aliphatic rings. The second kappa shape index (κ2) is 4.92. The average Bonchev–Trinajstić information content (AvgIpc) is 2.99. The highest BCUT2D eigenvalue weighted by molar-refractivity contribution is 7.89. The van der Waals surface area contributed by atoms with E-state index in [1.807, 2.05) is 0 Å². The van der Waals surface area contributed by atoms with Crippen LogP contribution in [0.4, 0.5) is 10.1 Å². The molecule has 0 bridgehead atoms. The van der Waals surface area contributed by atoms with E-state index < -0.39 is 20.7 Å². The molecule has 0 heterocycles. The smallest absolute Gasteiger partial charge is 0.245 e. The molecule has 4 nitrogen and oxygen atoms in total. The molecule has 7 heteroatoms. The number of hydrogen-bond donors (Lipinski definition) is 1. The number of nitrogens with two attached hydrogens (primary N) is 1. The number of sulfonamides is 1. The van der Waals surface area contributed by atoms with Crippen LogP contribution >= 0.6 is 11.6 Å². The highest BCUT2D eigenvalue weighted by atomic mass is 35.5. The van der Waals surface area contributed by atoms with Crippen molar-refractivity contribution in [2.75, 3.05) is 19.3 Å². The van der Waals surface area contributed by atoms with Crippen LogP contribution in [-0.2, 0) is 10.0 Å². The van der Waals surface area contributed by atoms with E-state index in [0.29, 0.717) is 18.4 Å². The molecule has 0 saturated heterocycles. The van der Waals surface area contributed by atoms with E-state index in [1.165, 1.54) is 13.1 Å². The van der Waals surface area contributed by atoms with Gasteiger partial charge in [0.25, 0.3) is 0 Å². The Morgan fingerprint density at radius 1 is 1.53 bits per heavy atom. The zero-order valence-electron chi connectivity index (χ0n) is 10.7. The Balaban J connectivity index is 2.33. The fourth-order valence-electron chi connectivity index (χ4n) is 2.02. The van der Waals surface area contributed by atoms with Crippen LogP contribution in [-0.4, -0.2) is 26.3 Å². The summed E-state index contributed by atoms with van der Waals surface area (Å²) in [4.78, 5) is -0.465. The van der Waals surface area contributed by atoms with E-state index in [2.05, 4.69) is 6.92 Å². The molecular formula is C12H16ClFN2O2S. The minimum Gasteiger partial charge on any atom is -0.396 e. The largest absolute Gasteiger partial charge is 0.396 e. The van der Waals surface area contributed by atoms with Gasteiger partial charge >= 0.3 is 0 Å². The van der Waals surface area contributed by atoms with E-state index in [4.69, 9.17) is 17.3 Å². The van der Waals surface area contributed by atoms with Crippen LogP contribution in [0.1, 0.15) is 13.3 Å². The fourth-order valence-corrected chi connectivity index (χ4v) is 3.66. The van der Waals surface area contributed by atoms with Crippen molar-refractivity contribution < 1.29 is 12.8 Å². The Labute approximate surface area is 117 Å². The second-order valence-corrected chi connectivity index (χ2v) is 7.52. The van der Waals surface area contributed by atoms with Gasteiger partial charge in [0.05, 0.1) is 5.69 Å². The lowest BCUT2D eigenvalue weighted by atomic mass is 10.3. The molecule has 19 heavy (non-hydrogen) atoms. The standard InChI is InChI=1S/C12H16ClFN2O2S/c1-7-3-8(7)6-16(2)19(17,18)11-5-9(13)4-10(15)12(11)14/h4-5,7-8H,3,6,15H2,1-2H3. The molecule has 106 valence electrons. The second-order valence-electron chi connectivity index (χ2n) is 5.07. The Hall–Kier alpha value is -0.850. The molecule has 1 saturated carbocycles. The van der Waals surface area contributed by atoms with Gasteiger partial charge in [0.2, 0.25) is 10.0 Å². The van der Waals surface area contributed by atoms with Crippen LogP contribution in [0, 0.1) is 17.7 Å². The summed E-state index contributed by atoms with van der Waals surface area (Å²) < 4.78 is 39.6. The molecule has 1 aromatic carbocycles. The van der Waals surface area contributed by atoms with Crippen molar-refractivity contribution in [1.82, 2.24) is 4.31 Å². The highest BCUT2D eigenvalue weighted by Crippen LogP contribution is 2.39. The summed E-state index contributed by atoms with van der Waals surface area (Å²) in [5.74, 6) is -0.0774. The van der Waals surface area contributed by atoms with Crippen molar-refractivity contribution in [3.8, 4) is 0 Å². The molecule has 2 rings (SSSR count). The number of nitrogen functional groups attached to an aromatic ring is 1. The van der Waals surface area contributed by atoms with Gasteiger partial charge in [-0.15, -0.1) is 0 Å². The first-order chi connectivity index (χ1) is 8.73. The van der Waals surface area contributed by atoms with Crippen molar-refractivity contribution in [2.24, 2.45) is 11.8 Å². The van der Waals surface area contributed by atoms with E-state index in [1.54, 1.807) is 0 Å². The maximum absolute atomic E-state index is 13.9. The molecule has 1 aliphatic carbocycles. The molecule has 2 N–H and O–H groups in total. The lowest BCUT2D eigenvalue weighted by molar-refractivity contribution is 0.440. The Morgan fingerprint density at radius 2 is 2.11 bits per heavy atom. The quantitative estimate of drug-likeness (QED) is 0.868. The molecule has 0 spiro atoms. The summed E-state index contributed by atoms with van der Waals surface area (Å²) >= 11 is 5.74. The summed E-state index contributed by atoms with van der Waals surface area (Å²) in [6.45, 7) is 2.44. The maximum atomic E-state index is 13.9. The third-order valence-electron chi connectivity index (χ3n) is 3.49. The molecule has 2 atom stereocenters. The van der Waals surface area contributed by atoms with Gasteiger partial charge in [0, 0.05) is 18.6 Å². The molecular weight excluding hydrogens is 291 g/mol. The van der Waals surface area contributed by atoms with Crippen LogP contribution < -0.4 is 5.73 Å². The summed E-state index contributed by atoms with van der Waals surface area (Å²) in [5, 5.41) is 0.102. The van der Waals surface area contributed by atoms with Gasteiger partial charge in [0.15, 0.2) is 5.82 Å². The van der Waals surface area contributed by atoms with Gasteiger partial charge in [-0.3, -0.25) is 0 Å². The Kier molecular flexibility index (Phi) is 3.77. The number of halogens is 2. The lowest BCUT2D eigenvalue weighted by Crippen LogP contribution is -2.30. The number of benzene rings is 1. The first-order valence-corrected chi connectivity index (χ1v) is 7.76. The van der Waals surface area contributed by atoms with Crippen LogP contribution in [0.5, 0.6) is 0 Å². The SMILES string of the molecule is CC1CC1CN(C)S(=O)(=O)c1cc(Cl)cc(N)c1F. The minimum absolute atomic E-state index is 0.102. The van der Waals surface area contributed by atoms with Crippen LogP contribution in [0.3, 0.4) is 0 Å². The fraction of sp³-hybridized carbons (Fsp3) is 0.500. The van der Waals surface area contributed by atoms with E-state index in [9.17, 15) is 12.8 Å².